The SMILES string of the molecule is O=C(O)Cc1cc(Cl)ccc1Oc1cccc(Cl)c1. The van der Waals surface area contributed by atoms with Gasteiger partial charge in [-0.3, -0.25) is 4.79 Å². The van der Waals surface area contributed by atoms with Gasteiger partial charge in [-0.2, -0.15) is 0 Å². The third-order valence-corrected chi connectivity index (χ3v) is 2.86. The Morgan fingerprint density at radius 1 is 1.11 bits per heavy atom. The predicted molar refractivity (Wildman–Crippen MR) is 74.3 cm³/mol. The second-order valence-corrected chi connectivity index (χ2v) is 4.75. The lowest BCUT2D eigenvalue weighted by atomic mass is 10.1. The molecule has 0 aliphatic carbocycles. The highest BCUT2D eigenvalue weighted by atomic mass is 35.5. The van der Waals surface area contributed by atoms with E-state index in [1.807, 2.05) is 0 Å². The zero-order valence-corrected chi connectivity index (χ0v) is 11.3. The second-order valence-electron chi connectivity index (χ2n) is 3.88. The van der Waals surface area contributed by atoms with Gasteiger partial charge in [-0.25, -0.2) is 0 Å². The maximum Gasteiger partial charge on any atom is 0.307 e. The smallest absolute Gasteiger partial charge is 0.307 e. The number of carbonyl (C=O) groups is 1. The van der Waals surface area contributed by atoms with Crippen molar-refractivity contribution in [3.05, 3.63) is 58.1 Å². The number of carboxylic acids is 1. The normalized spacial score (nSPS) is 10.2. The van der Waals surface area contributed by atoms with Crippen LogP contribution in [0.15, 0.2) is 42.5 Å². The second kappa shape index (κ2) is 5.95. The lowest BCUT2D eigenvalue weighted by molar-refractivity contribution is -0.136. The van der Waals surface area contributed by atoms with Gasteiger partial charge in [0.15, 0.2) is 0 Å². The Labute approximate surface area is 120 Å². The Kier molecular flexibility index (Phi) is 4.30. The van der Waals surface area contributed by atoms with Gasteiger partial charge in [0.25, 0.3) is 0 Å². The fourth-order valence-electron chi connectivity index (χ4n) is 1.61. The molecule has 19 heavy (non-hydrogen) atoms. The molecule has 0 unspecified atom stereocenters. The highest BCUT2D eigenvalue weighted by Gasteiger charge is 2.10. The minimum absolute atomic E-state index is 0.156. The van der Waals surface area contributed by atoms with Gasteiger partial charge in [-0.1, -0.05) is 29.3 Å². The number of hydrogen-bond acceptors (Lipinski definition) is 2. The molecule has 2 aromatic rings. The molecule has 1 N–H and O–H groups in total. The van der Waals surface area contributed by atoms with E-state index in [2.05, 4.69) is 0 Å². The van der Waals surface area contributed by atoms with E-state index < -0.39 is 5.97 Å². The Bertz CT molecular complexity index is 611. The maximum atomic E-state index is 10.8. The standard InChI is InChI=1S/C14H10Cl2O3/c15-10-2-1-3-12(8-10)19-13-5-4-11(16)6-9(13)7-14(17)18/h1-6,8H,7H2,(H,17,18). The van der Waals surface area contributed by atoms with Gasteiger partial charge < -0.3 is 9.84 Å². The summed E-state index contributed by atoms with van der Waals surface area (Å²) in [7, 11) is 0. The molecule has 98 valence electrons. The molecule has 5 heteroatoms. The molecule has 0 fully saturated rings. The summed E-state index contributed by atoms with van der Waals surface area (Å²) in [5, 5.41) is 9.89. The van der Waals surface area contributed by atoms with Crippen molar-refractivity contribution in [1.82, 2.24) is 0 Å². The van der Waals surface area contributed by atoms with Crippen molar-refractivity contribution >= 4 is 29.2 Å². The van der Waals surface area contributed by atoms with Crippen LogP contribution in [-0.2, 0) is 11.2 Å². The third-order valence-electron chi connectivity index (χ3n) is 2.39. The van der Waals surface area contributed by atoms with Crippen LogP contribution >= 0.6 is 23.2 Å². The van der Waals surface area contributed by atoms with Crippen molar-refractivity contribution in [2.24, 2.45) is 0 Å². The molecule has 0 amide bonds. The van der Waals surface area contributed by atoms with Crippen LogP contribution in [0.1, 0.15) is 5.56 Å². The molecule has 0 spiro atoms. The van der Waals surface area contributed by atoms with Crippen LogP contribution in [0.25, 0.3) is 0 Å². The lowest BCUT2D eigenvalue weighted by Crippen LogP contribution is -2.02. The van der Waals surface area contributed by atoms with Crippen LogP contribution in [0.3, 0.4) is 0 Å². The van der Waals surface area contributed by atoms with E-state index in [0.717, 1.165) is 0 Å². The van der Waals surface area contributed by atoms with E-state index in [4.69, 9.17) is 33.0 Å². The lowest BCUT2D eigenvalue weighted by Gasteiger charge is -2.10. The summed E-state index contributed by atoms with van der Waals surface area (Å²) in [6, 6.07) is 11.7. The summed E-state index contributed by atoms with van der Waals surface area (Å²) in [5.41, 5.74) is 0.514. The topological polar surface area (TPSA) is 46.5 Å². The first kappa shape index (κ1) is 13.7. The minimum Gasteiger partial charge on any atom is -0.481 e. The van der Waals surface area contributed by atoms with Crippen LogP contribution in [-0.4, -0.2) is 11.1 Å². The van der Waals surface area contributed by atoms with Crippen LogP contribution < -0.4 is 4.74 Å². The first-order valence-electron chi connectivity index (χ1n) is 5.48. The Morgan fingerprint density at radius 3 is 2.53 bits per heavy atom. The van der Waals surface area contributed by atoms with E-state index in [0.29, 0.717) is 27.1 Å². The van der Waals surface area contributed by atoms with Gasteiger partial charge in [0.05, 0.1) is 6.42 Å². The summed E-state index contributed by atoms with van der Waals surface area (Å²) in [4.78, 5) is 10.8. The zero-order valence-electron chi connectivity index (χ0n) is 9.77. The summed E-state index contributed by atoms with van der Waals surface area (Å²) in [6.07, 6.45) is -0.156. The van der Waals surface area contributed by atoms with Gasteiger partial charge in [0, 0.05) is 15.6 Å². The fraction of sp³-hybridized carbons (Fsp3) is 0.0714. The number of aliphatic carboxylic acids is 1. The molecule has 0 saturated heterocycles. The molecule has 0 atom stereocenters. The fourth-order valence-corrected chi connectivity index (χ4v) is 1.98. The number of rotatable bonds is 4. The summed E-state index contributed by atoms with van der Waals surface area (Å²) < 4.78 is 5.64. The molecule has 0 heterocycles. The van der Waals surface area contributed by atoms with Gasteiger partial charge in [-0.05, 0) is 36.4 Å². The molecule has 0 radical (unpaired) electrons. The Hall–Kier alpha value is -1.71. The molecule has 2 aromatic carbocycles. The Morgan fingerprint density at radius 2 is 1.84 bits per heavy atom. The first-order valence-corrected chi connectivity index (χ1v) is 6.24. The van der Waals surface area contributed by atoms with Gasteiger partial charge in [0.2, 0.25) is 0 Å². The van der Waals surface area contributed by atoms with E-state index >= 15 is 0 Å². The molecular formula is C14H10Cl2O3. The van der Waals surface area contributed by atoms with Crippen molar-refractivity contribution in [3.63, 3.8) is 0 Å². The van der Waals surface area contributed by atoms with Crippen molar-refractivity contribution in [3.8, 4) is 11.5 Å². The number of carboxylic acid groups (broad SMARTS) is 1. The monoisotopic (exact) mass is 296 g/mol. The van der Waals surface area contributed by atoms with E-state index in [9.17, 15) is 4.79 Å². The van der Waals surface area contributed by atoms with Gasteiger partial charge in [0.1, 0.15) is 11.5 Å². The quantitative estimate of drug-likeness (QED) is 0.909. The molecule has 3 nitrogen and oxygen atoms in total. The minimum atomic E-state index is -0.946. The first-order chi connectivity index (χ1) is 9.04. The molecule has 0 bridgehead atoms. The Balaban J connectivity index is 2.31. The molecule has 2 rings (SSSR count). The summed E-state index contributed by atoms with van der Waals surface area (Å²) >= 11 is 11.7. The summed E-state index contributed by atoms with van der Waals surface area (Å²) in [5.74, 6) is 0.0498. The third kappa shape index (κ3) is 3.88. The van der Waals surface area contributed by atoms with Crippen LogP contribution in [0.4, 0.5) is 0 Å². The number of ether oxygens (including phenoxy) is 1. The number of benzene rings is 2. The largest absolute Gasteiger partial charge is 0.481 e. The molecule has 0 aromatic heterocycles. The van der Waals surface area contributed by atoms with Crippen molar-refractivity contribution in [2.45, 2.75) is 6.42 Å². The van der Waals surface area contributed by atoms with Crippen molar-refractivity contribution < 1.29 is 14.6 Å². The van der Waals surface area contributed by atoms with Crippen LogP contribution in [0.5, 0.6) is 11.5 Å². The van der Waals surface area contributed by atoms with Crippen molar-refractivity contribution in [2.75, 3.05) is 0 Å². The van der Waals surface area contributed by atoms with Gasteiger partial charge >= 0.3 is 5.97 Å². The predicted octanol–water partition coefficient (Wildman–Crippen LogP) is 4.41. The van der Waals surface area contributed by atoms with E-state index in [-0.39, 0.29) is 6.42 Å². The molecular weight excluding hydrogens is 287 g/mol. The average molecular weight is 297 g/mol. The molecule has 0 saturated carbocycles. The average Bonchev–Trinajstić information content (AvgIpc) is 2.32. The highest BCUT2D eigenvalue weighted by molar-refractivity contribution is 6.31. The highest BCUT2D eigenvalue weighted by Crippen LogP contribution is 2.29. The number of hydrogen-bond donors (Lipinski definition) is 1. The maximum absolute atomic E-state index is 10.8. The van der Waals surface area contributed by atoms with Crippen LogP contribution in [0, 0.1) is 0 Å². The summed E-state index contributed by atoms with van der Waals surface area (Å²) in [6.45, 7) is 0. The molecule has 0 aliphatic heterocycles. The number of halogens is 2. The zero-order chi connectivity index (χ0) is 13.8. The van der Waals surface area contributed by atoms with Crippen molar-refractivity contribution in [1.29, 1.82) is 0 Å². The van der Waals surface area contributed by atoms with E-state index in [1.165, 1.54) is 0 Å². The molecule has 0 aliphatic rings. The van der Waals surface area contributed by atoms with Gasteiger partial charge in [-0.15, -0.1) is 0 Å². The van der Waals surface area contributed by atoms with E-state index in [1.54, 1.807) is 42.5 Å². The van der Waals surface area contributed by atoms with Crippen LogP contribution in [0.2, 0.25) is 10.0 Å².